The minimum absolute atomic E-state index is 0.542. The minimum atomic E-state index is 0.542. The highest BCUT2D eigenvalue weighted by Crippen LogP contribution is 2.15. The Hall–Kier alpha value is -0.530. The molecule has 0 aromatic heterocycles. The van der Waals surface area contributed by atoms with Gasteiger partial charge < -0.3 is 4.74 Å². The van der Waals surface area contributed by atoms with E-state index in [1.807, 2.05) is 0 Å². The van der Waals surface area contributed by atoms with Gasteiger partial charge in [-0.25, -0.2) is 0 Å². The Labute approximate surface area is 55.9 Å². The Kier molecular flexibility index (Phi) is 2.09. The summed E-state index contributed by atoms with van der Waals surface area (Å²) in [4.78, 5) is 4.32. The van der Waals surface area contributed by atoms with Crippen molar-refractivity contribution in [2.24, 2.45) is 4.99 Å². The van der Waals surface area contributed by atoms with E-state index in [2.05, 4.69) is 11.9 Å². The van der Waals surface area contributed by atoms with Gasteiger partial charge in [0.2, 0.25) is 0 Å². The van der Waals surface area contributed by atoms with E-state index in [0.29, 0.717) is 6.04 Å². The van der Waals surface area contributed by atoms with E-state index in [1.165, 1.54) is 6.42 Å². The van der Waals surface area contributed by atoms with Crippen LogP contribution in [0.3, 0.4) is 0 Å². The third-order valence-electron chi connectivity index (χ3n) is 1.72. The molecule has 2 nitrogen and oxygen atoms in total. The molecule has 0 bridgehead atoms. The standard InChI is InChI=1S/C7H13NO/c1-3-6-4-5-7(8-6)9-2/h6H,3-5H2,1-2H3/t6-/m0/s1. The fourth-order valence-electron chi connectivity index (χ4n) is 1.07. The van der Waals surface area contributed by atoms with E-state index < -0.39 is 0 Å². The van der Waals surface area contributed by atoms with Gasteiger partial charge in [0.15, 0.2) is 5.90 Å². The number of rotatable bonds is 1. The van der Waals surface area contributed by atoms with Gasteiger partial charge in [-0.3, -0.25) is 4.99 Å². The summed E-state index contributed by atoms with van der Waals surface area (Å²) in [7, 11) is 1.69. The van der Waals surface area contributed by atoms with Crippen molar-refractivity contribution in [1.29, 1.82) is 0 Å². The molecule has 0 saturated heterocycles. The Morgan fingerprint density at radius 3 is 2.89 bits per heavy atom. The first-order valence-corrected chi connectivity index (χ1v) is 3.47. The van der Waals surface area contributed by atoms with Gasteiger partial charge in [-0.1, -0.05) is 6.92 Å². The van der Waals surface area contributed by atoms with Gasteiger partial charge in [0, 0.05) is 6.42 Å². The SMILES string of the molecule is CC[C@H]1CCC(OC)=N1. The topological polar surface area (TPSA) is 21.6 Å². The molecule has 0 aliphatic carbocycles. The molecular formula is C7H13NO. The number of ether oxygens (including phenoxy) is 1. The predicted octanol–water partition coefficient (Wildman–Crippen LogP) is 1.60. The predicted molar refractivity (Wildman–Crippen MR) is 37.8 cm³/mol. The molecule has 0 saturated carbocycles. The molecule has 0 spiro atoms. The molecule has 52 valence electrons. The summed E-state index contributed by atoms with van der Waals surface area (Å²) in [6, 6.07) is 0.542. The second-order valence-corrected chi connectivity index (χ2v) is 2.33. The van der Waals surface area contributed by atoms with Crippen molar-refractivity contribution in [3.8, 4) is 0 Å². The average Bonchev–Trinajstić information content (AvgIpc) is 2.34. The Balaban J connectivity index is 2.40. The maximum absolute atomic E-state index is 4.99. The van der Waals surface area contributed by atoms with Gasteiger partial charge in [-0.05, 0) is 12.8 Å². The Morgan fingerprint density at radius 1 is 1.78 bits per heavy atom. The van der Waals surface area contributed by atoms with Crippen LogP contribution in [-0.2, 0) is 4.74 Å². The summed E-state index contributed by atoms with van der Waals surface area (Å²) in [6.07, 6.45) is 3.36. The summed E-state index contributed by atoms with van der Waals surface area (Å²) in [5.74, 6) is 0.932. The first-order valence-electron chi connectivity index (χ1n) is 3.47. The summed E-state index contributed by atoms with van der Waals surface area (Å²) in [5, 5.41) is 0. The molecule has 1 aliphatic rings. The lowest BCUT2D eigenvalue weighted by molar-refractivity contribution is 0.395. The van der Waals surface area contributed by atoms with E-state index in [0.717, 1.165) is 18.7 Å². The van der Waals surface area contributed by atoms with Gasteiger partial charge in [0.1, 0.15) is 0 Å². The first kappa shape index (κ1) is 6.59. The van der Waals surface area contributed by atoms with Crippen LogP contribution in [0.4, 0.5) is 0 Å². The van der Waals surface area contributed by atoms with E-state index >= 15 is 0 Å². The zero-order valence-corrected chi connectivity index (χ0v) is 6.05. The van der Waals surface area contributed by atoms with Crippen molar-refractivity contribution in [2.45, 2.75) is 32.2 Å². The molecular weight excluding hydrogens is 114 g/mol. The quantitative estimate of drug-likeness (QED) is 0.524. The molecule has 0 radical (unpaired) electrons. The third-order valence-corrected chi connectivity index (χ3v) is 1.72. The van der Waals surface area contributed by atoms with Crippen molar-refractivity contribution in [3.05, 3.63) is 0 Å². The van der Waals surface area contributed by atoms with Gasteiger partial charge in [0.25, 0.3) is 0 Å². The number of aliphatic imine (C=N–C) groups is 1. The van der Waals surface area contributed by atoms with Crippen LogP contribution < -0.4 is 0 Å². The zero-order valence-electron chi connectivity index (χ0n) is 6.05. The highest BCUT2D eigenvalue weighted by atomic mass is 16.5. The summed E-state index contributed by atoms with van der Waals surface area (Å²) < 4.78 is 4.99. The molecule has 9 heavy (non-hydrogen) atoms. The zero-order chi connectivity index (χ0) is 6.69. The number of methoxy groups -OCH3 is 1. The molecule has 1 rings (SSSR count). The fraction of sp³-hybridized carbons (Fsp3) is 0.857. The molecule has 0 amide bonds. The van der Waals surface area contributed by atoms with Gasteiger partial charge >= 0.3 is 0 Å². The van der Waals surface area contributed by atoms with Crippen LogP contribution in [0.15, 0.2) is 4.99 Å². The largest absolute Gasteiger partial charge is 0.484 e. The van der Waals surface area contributed by atoms with Crippen molar-refractivity contribution in [2.75, 3.05) is 7.11 Å². The second-order valence-electron chi connectivity index (χ2n) is 2.33. The van der Waals surface area contributed by atoms with E-state index in [9.17, 15) is 0 Å². The summed E-state index contributed by atoms with van der Waals surface area (Å²) in [6.45, 7) is 2.16. The van der Waals surface area contributed by atoms with E-state index in [4.69, 9.17) is 4.74 Å². The second kappa shape index (κ2) is 2.85. The van der Waals surface area contributed by atoms with Crippen molar-refractivity contribution in [1.82, 2.24) is 0 Å². The maximum atomic E-state index is 4.99. The molecule has 0 aromatic carbocycles. The van der Waals surface area contributed by atoms with Gasteiger partial charge in [0.05, 0.1) is 13.2 Å². The number of hydrogen-bond donors (Lipinski definition) is 0. The minimum Gasteiger partial charge on any atom is -0.484 e. The molecule has 1 atom stereocenters. The molecule has 0 aromatic rings. The lowest BCUT2D eigenvalue weighted by atomic mass is 10.2. The fourth-order valence-corrected chi connectivity index (χ4v) is 1.07. The molecule has 1 aliphatic heterocycles. The van der Waals surface area contributed by atoms with Gasteiger partial charge in [-0.2, -0.15) is 0 Å². The number of hydrogen-bond acceptors (Lipinski definition) is 2. The van der Waals surface area contributed by atoms with Crippen molar-refractivity contribution < 1.29 is 4.74 Å². The maximum Gasteiger partial charge on any atom is 0.183 e. The monoisotopic (exact) mass is 127 g/mol. The average molecular weight is 127 g/mol. The van der Waals surface area contributed by atoms with Crippen LogP contribution in [-0.4, -0.2) is 19.0 Å². The third kappa shape index (κ3) is 1.44. The van der Waals surface area contributed by atoms with Crippen LogP contribution in [0, 0.1) is 0 Å². The van der Waals surface area contributed by atoms with Crippen molar-refractivity contribution in [3.63, 3.8) is 0 Å². The lowest BCUT2D eigenvalue weighted by Gasteiger charge is -1.96. The molecule has 0 unspecified atom stereocenters. The van der Waals surface area contributed by atoms with Crippen LogP contribution in [0.1, 0.15) is 26.2 Å². The van der Waals surface area contributed by atoms with E-state index in [-0.39, 0.29) is 0 Å². The van der Waals surface area contributed by atoms with E-state index in [1.54, 1.807) is 7.11 Å². The van der Waals surface area contributed by atoms with Gasteiger partial charge in [-0.15, -0.1) is 0 Å². The van der Waals surface area contributed by atoms with Crippen molar-refractivity contribution >= 4 is 5.90 Å². The molecule has 0 N–H and O–H groups in total. The Bertz CT molecular complexity index is 120. The lowest BCUT2D eigenvalue weighted by Crippen LogP contribution is -1.94. The molecule has 0 fully saturated rings. The highest BCUT2D eigenvalue weighted by molar-refractivity contribution is 5.77. The normalized spacial score (nSPS) is 26.0. The molecule has 1 heterocycles. The smallest absolute Gasteiger partial charge is 0.183 e. The van der Waals surface area contributed by atoms with Crippen LogP contribution in [0.25, 0.3) is 0 Å². The Morgan fingerprint density at radius 2 is 2.56 bits per heavy atom. The highest BCUT2D eigenvalue weighted by Gasteiger charge is 2.14. The van der Waals surface area contributed by atoms with Crippen LogP contribution in [0.2, 0.25) is 0 Å². The first-order chi connectivity index (χ1) is 4.36. The number of nitrogens with zero attached hydrogens (tertiary/aromatic N) is 1. The van der Waals surface area contributed by atoms with Crippen LogP contribution >= 0.6 is 0 Å². The summed E-state index contributed by atoms with van der Waals surface area (Å²) in [5.41, 5.74) is 0. The molecule has 2 heteroatoms. The van der Waals surface area contributed by atoms with Crippen LogP contribution in [0.5, 0.6) is 0 Å². The summed E-state index contributed by atoms with van der Waals surface area (Å²) >= 11 is 0.